The molecule has 2 aromatic carbocycles. The molecule has 3 N–H and O–H groups in total. The summed E-state index contributed by atoms with van der Waals surface area (Å²) in [6.07, 6.45) is -0.761. The van der Waals surface area contributed by atoms with Crippen LogP contribution in [-0.2, 0) is 0 Å². The second-order valence-corrected chi connectivity index (χ2v) is 6.86. The number of hydrogen-bond acceptors (Lipinski definition) is 5. The number of nitrogens with one attached hydrogen (secondary N) is 1. The number of aliphatic hydroxyl groups is 2. The van der Waals surface area contributed by atoms with Crippen LogP contribution in [0.3, 0.4) is 0 Å². The van der Waals surface area contributed by atoms with E-state index in [0.29, 0.717) is 19.6 Å². The third kappa shape index (κ3) is 4.78. The van der Waals surface area contributed by atoms with Gasteiger partial charge in [0.25, 0.3) is 5.91 Å². The van der Waals surface area contributed by atoms with Gasteiger partial charge in [0.1, 0.15) is 0 Å². The van der Waals surface area contributed by atoms with Crippen molar-refractivity contribution in [1.29, 1.82) is 0 Å². The van der Waals surface area contributed by atoms with Crippen LogP contribution in [0.1, 0.15) is 15.9 Å². The predicted octanol–water partition coefficient (Wildman–Crippen LogP) is 1.72. The van der Waals surface area contributed by atoms with Crippen molar-refractivity contribution in [2.75, 3.05) is 49.5 Å². The van der Waals surface area contributed by atoms with Crippen molar-refractivity contribution in [1.82, 2.24) is 4.90 Å². The molecule has 1 fully saturated rings. The van der Waals surface area contributed by atoms with Gasteiger partial charge in [0.15, 0.2) is 0 Å². The number of piperazine rings is 1. The van der Waals surface area contributed by atoms with E-state index in [4.69, 9.17) is 5.11 Å². The maximum Gasteiger partial charge on any atom is 0.254 e. The molecule has 1 aliphatic rings. The Bertz CT molecular complexity index is 756. The van der Waals surface area contributed by atoms with Crippen LogP contribution in [0.25, 0.3) is 0 Å². The Labute approximate surface area is 160 Å². The lowest BCUT2D eigenvalue weighted by atomic mass is 10.1. The highest BCUT2D eigenvalue weighted by atomic mass is 16.3. The van der Waals surface area contributed by atoms with Gasteiger partial charge in [-0.05, 0) is 42.8 Å². The van der Waals surface area contributed by atoms with E-state index in [2.05, 4.69) is 10.2 Å². The monoisotopic (exact) mass is 369 g/mol. The lowest BCUT2D eigenvalue weighted by Gasteiger charge is -2.36. The number of benzene rings is 2. The fraction of sp³-hybridized carbons (Fsp3) is 0.381. The van der Waals surface area contributed by atoms with E-state index >= 15 is 0 Å². The summed E-state index contributed by atoms with van der Waals surface area (Å²) in [5, 5.41) is 21.3. The fourth-order valence-electron chi connectivity index (χ4n) is 3.24. The molecule has 1 unspecified atom stereocenters. The Kier molecular flexibility index (Phi) is 6.32. The first-order chi connectivity index (χ1) is 13.1. The molecule has 2 aromatic rings. The Balaban J connectivity index is 1.54. The average Bonchev–Trinajstić information content (AvgIpc) is 2.72. The van der Waals surface area contributed by atoms with Crippen LogP contribution in [0.5, 0.6) is 0 Å². The summed E-state index contributed by atoms with van der Waals surface area (Å²) in [5.41, 5.74) is 3.82. The molecule has 6 nitrogen and oxygen atoms in total. The van der Waals surface area contributed by atoms with Crippen LogP contribution in [-0.4, -0.2) is 66.5 Å². The minimum absolute atomic E-state index is 0.106. The van der Waals surface area contributed by atoms with Gasteiger partial charge >= 0.3 is 0 Å². The number of aliphatic hydroxyl groups excluding tert-OH is 2. The molecule has 0 spiro atoms. The molecule has 3 rings (SSSR count). The van der Waals surface area contributed by atoms with Crippen molar-refractivity contribution in [3.05, 3.63) is 59.7 Å². The van der Waals surface area contributed by atoms with E-state index in [1.807, 2.05) is 60.4 Å². The molecular formula is C21H27N3O3. The van der Waals surface area contributed by atoms with Crippen LogP contribution < -0.4 is 10.2 Å². The maximum absolute atomic E-state index is 12.7. The molecule has 27 heavy (non-hydrogen) atoms. The van der Waals surface area contributed by atoms with E-state index in [0.717, 1.165) is 35.6 Å². The second-order valence-electron chi connectivity index (χ2n) is 6.86. The van der Waals surface area contributed by atoms with E-state index < -0.39 is 6.10 Å². The summed E-state index contributed by atoms with van der Waals surface area (Å²) in [6, 6.07) is 15.7. The summed E-state index contributed by atoms with van der Waals surface area (Å²) < 4.78 is 0. The normalized spacial score (nSPS) is 15.5. The number of nitrogens with zero attached hydrogens (tertiary/aromatic N) is 2. The Morgan fingerprint density at radius 1 is 1.07 bits per heavy atom. The number of aryl methyl sites for hydroxylation is 1. The van der Waals surface area contributed by atoms with Gasteiger partial charge in [-0.3, -0.25) is 4.79 Å². The summed E-state index contributed by atoms with van der Waals surface area (Å²) in [7, 11) is 0. The first-order valence-electron chi connectivity index (χ1n) is 9.31. The third-order valence-electron chi connectivity index (χ3n) is 4.93. The molecule has 144 valence electrons. The molecule has 1 aliphatic heterocycles. The molecule has 1 heterocycles. The van der Waals surface area contributed by atoms with Gasteiger partial charge in [-0.1, -0.05) is 18.2 Å². The average molecular weight is 369 g/mol. The maximum atomic E-state index is 12.7. The van der Waals surface area contributed by atoms with Crippen LogP contribution in [0, 0.1) is 6.92 Å². The predicted molar refractivity (Wildman–Crippen MR) is 107 cm³/mol. The van der Waals surface area contributed by atoms with E-state index in [-0.39, 0.29) is 12.5 Å². The van der Waals surface area contributed by atoms with Gasteiger partial charge < -0.3 is 25.3 Å². The first kappa shape index (κ1) is 19.2. The largest absolute Gasteiger partial charge is 0.394 e. The number of hydrogen-bond donors (Lipinski definition) is 3. The number of carbonyl (C=O) groups excluding carboxylic acids is 1. The zero-order chi connectivity index (χ0) is 19.2. The lowest BCUT2D eigenvalue weighted by Crippen LogP contribution is -2.48. The molecule has 0 radical (unpaired) electrons. The number of amides is 1. The second kappa shape index (κ2) is 8.88. The number of anilines is 2. The van der Waals surface area contributed by atoms with Crippen molar-refractivity contribution in [3.8, 4) is 0 Å². The van der Waals surface area contributed by atoms with E-state index in [9.17, 15) is 9.90 Å². The molecule has 1 atom stereocenters. The SMILES string of the molecule is Cc1ccccc1C(=O)N1CCN(c2ccc(NCC(O)CO)cc2)CC1. The van der Waals surface area contributed by atoms with E-state index in [1.165, 1.54) is 0 Å². The van der Waals surface area contributed by atoms with Crippen molar-refractivity contribution < 1.29 is 15.0 Å². The Morgan fingerprint density at radius 3 is 2.37 bits per heavy atom. The van der Waals surface area contributed by atoms with Crippen molar-refractivity contribution in [2.45, 2.75) is 13.0 Å². The molecule has 6 heteroatoms. The standard InChI is InChI=1S/C21H27N3O3/c1-16-4-2-3-5-20(16)21(27)24-12-10-23(11-13-24)18-8-6-17(7-9-18)22-14-19(26)15-25/h2-9,19,22,25-26H,10-15H2,1H3. The highest BCUT2D eigenvalue weighted by Crippen LogP contribution is 2.20. The molecule has 0 bridgehead atoms. The van der Waals surface area contributed by atoms with Crippen LogP contribution >= 0.6 is 0 Å². The minimum Gasteiger partial charge on any atom is -0.394 e. The summed E-state index contributed by atoms with van der Waals surface area (Å²) >= 11 is 0. The molecule has 0 saturated carbocycles. The molecule has 1 amide bonds. The van der Waals surface area contributed by atoms with E-state index in [1.54, 1.807) is 0 Å². The van der Waals surface area contributed by atoms with Gasteiger partial charge in [0.2, 0.25) is 0 Å². The highest BCUT2D eigenvalue weighted by Gasteiger charge is 2.23. The smallest absolute Gasteiger partial charge is 0.254 e. The molecule has 1 saturated heterocycles. The Morgan fingerprint density at radius 2 is 1.74 bits per heavy atom. The van der Waals surface area contributed by atoms with Gasteiger partial charge in [0, 0.05) is 49.7 Å². The molecular weight excluding hydrogens is 342 g/mol. The van der Waals surface area contributed by atoms with Gasteiger partial charge in [-0.25, -0.2) is 0 Å². The number of carbonyl (C=O) groups is 1. The third-order valence-corrected chi connectivity index (χ3v) is 4.93. The lowest BCUT2D eigenvalue weighted by molar-refractivity contribution is 0.0746. The quantitative estimate of drug-likeness (QED) is 0.723. The molecule has 0 aliphatic carbocycles. The Hall–Kier alpha value is -2.57. The highest BCUT2D eigenvalue weighted by molar-refractivity contribution is 5.95. The van der Waals surface area contributed by atoms with Crippen molar-refractivity contribution in [3.63, 3.8) is 0 Å². The van der Waals surface area contributed by atoms with Crippen LogP contribution in [0.2, 0.25) is 0 Å². The first-order valence-corrected chi connectivity index (χ1v) is 9.31. The summed E-state index contributed by atoms with van der Waals surface area (Å²) in [4.78, 5) is 16.9. The summed E-state index contributed by atoms with van der Waals surface area (Å²) in [6.45, 7) is 5.04. The molecule has 0 aromatic heterocycles. The van der Waals surface area contributed by atoms with Crippen molar-refractivity contribution in [2.24, 2.45) is 0 Å². The van der Waals surface area contributed by atoms with Crippen LogP contribution in [0.4, 0.5) is 11.4 Å². The van der Waals surface area contributed by atoms with Gasteiger partial charge in [-0.2, -0.15) is 0 Å². The minimum atomic E-state index is -0.761. The van der Waals surface area contributed by atoms with Gasteiger partial charge in [0.05, 0.1) is 12.7 Å². The number of rotatable bonds is 6. The van der Waals surface area contributed by atoms with Crippen LogP contribution in [0.15, 0.2) is 48.5 Å². The van der Waals surface area contributed by atoms with Gasteiger partial charge in [-0.15, -0.1) is 0 Å². The fourth-order valence-corrected chi connectivity index (χ4v) is 3.24. The zero-order valence-corrected chi connectivity index (χ0v) is 15.6. The topological polar surface area (TPSA) is 76.0 Å². The zero-order valence-electron chi connectivity index (χ0n) is 15.6. The summed E-state index contributed by atoms with van der Waals surface area (Å²) in [5.74, 6) is 0.106. The van der Waals surface area contributed by atoms with Crippen molar-refractivity contribution >= 4 is 17.3 Å².